The first-order valence-corrected chi connectivity index (χ1v) is 15.3. The number of carbonyl (C=O) groups excluding carboxylic acids is 4. The summed E-state index contributed by atoms with van der Waals surface area (Å²) in [5.74, 6) is -1.94. The number of ether oxygens (including phenoxy) is 2. The Morgan fingerprint density at radius 1 is 0.756 bits per heavy atom. The van der Waals surface area contributed by atoms with Crippen molar-refractivity contribution in [2.45, 2.75) is 117 Å². The minimum absolute atomic E-state index is 0.159. The van der Waals surface area contributed by atoms with Gasteiger partial charge in [0.1, 0.15) is 29.3 Å². The van der Waals surface area contributed by atoms with E-state index in [-0.39, 0.29) is 6.42 Å². The highest BCUT2D eigenvalue weighted by molar-refractivity contribution is 5.94. The van der Waals surface area contributed by atoms with Gasteiger partial charge in [0.15, 0.2) is 0 Å². The normalized spacial score (nSPS) is 14.0. The molecule has 10 nitrogen and oxygen atoms in total. The third kappa shape index (κ3) is 11.8. The van der Waals surface area contributed by atoms with Gasteiger partial charge in [-0.3, -0.25) is 9.59 Å². The maximum atomic E-state index is 14.4. The molecule has 3 atom stereocenters. The molecule has 0 aliphatic heterocycles. The molecule has 0 heterocycles. The second kappa shape index (κ2) is 15.4. The van der Waals surface area contributed by atoms with Crippen LogP contribution in [0.3, 0.4) is 0 Å². The molecule has 10 heteroatoms. The summed E-state index contributed by atoms with van der Waals surface area (Å²) in [6.07, 6.45) is 0.0414. The predicted octanol–water partition coefficient (Wildman–Crippen LogP) is 4.87. The number of carbonyl (C=O) groups is 4. The van der Waals surface area contributed by atoms with E-state index in [4.69, 9.17) is 9.47 Å². The number of rotatable bonds is 11. The van der Waals surface area contributed by atoms with Crippen molar-refractivity contribution in [3.8, 4) is 0 Å². The summed E-state index contributed by atoms with van der Waals surface area (Å²) in [5, 5.41) is 15.5. The Morgan fingerprint density at radius 2 is 1.31 bits per heavy atom. The van der Waals surface area contributed by atoms with Crippen molar-refractivity contribution in [2.75, 3.05) is 6.61 Å². The molecule has 0 aliphatic carbocycles. The fourth-order valence-corrected chi connectivity index (χ4v) is 4.67. The van der Waals surface area contributed by atoms with Crippen LogP contribution in [0.25, 0.3) is 0 Å². The summed E-state index contributed by atoms with van der Waals surface area (Å²) >= 11 is 0. The maximum Gasteiger partial charge on any atom is 0.408 e. The summed E-state index contributed by atoms with van der Waals surface area (Å²) in [7, 11) is 0. The van der Waals surface area contributed by atoms with E-state index in [1.165, 1.54) is 4.90 Å². The smallest absolute Gasteiger partial charge is 0.408 e. The van der Waals surface area contributed by atoms with Crippen molar-refractivity contribution in [2.24, 2.45) is 0 Å². The maximum absolute atomic E-state index is 14.4. The first-order chi connectivity index (χ1) is 20.8. The first-order valence-electron chi connectivity index (χ1n) is 15.3. The second-order valence-corrected chi connectivity index (χ2v) is 14.0. The number of aryl methyl sites for hydroxylation is 1. The second-order valence-electron chi connectivity index (χ2n) is 14.0. The van der Waals surface area contributed by atoms with E-state index in [1.54, 1.807) is 74.4 Å². The van der Waals surface area contributed by atoms with Crippen LogP contribution in [-0.2, 0) is 36.7 Å². The molecule has 3 unspecified atom stereocenters. The van der Waals surface area contributed by atoms with Gasteiger partial charge in [0.2, 0.25) is 11.8 Å². The quantitative estimate of drug-likeness (QED) is 0.303. The lowest BCUT2D eigenvalue weighted by Gasteiger charge is -2.43. The minimum Gasteiger partial charge on any atom is -0.458 e. The lowest BCUT2D eigenvalue weighted by atomic mass is 9.94. The number of amides is 3. The predicted molar refractivity (Wildman–Crippen MR) is 173 cm³/mol. The summed E-state index contributed by atoms with van der Waals surface area (Å²) < 4.78 is 11.0. The molecule has 45 heavy (non-hydrogen) atoms. The van der Waals surface area contributed by atoms with Crippen LogP contribution in [0.4, 0.5) is 4.79 Å². The monoisotopic (exact) mass is 625 g/mol. The highest BCUT2D eigenvalue weighted by atomic mass is 16.6. The van der Waals surface area contributed by atoms with Crippen molar-refractivity contribution >= 4 is 23.9 Å². The van der Waals surface area contributed by atoms with Crippen LogP contribution in [-0.4, -0.2) is 69.3 Å². The van der Waals surface area contributed by atoms with Gasteiger partial charge in [-0.15, -0.1) is 0 Å². The largest absolute Gasteiger partial charge is 0.458 e. The molecule has 2 aromatic carbocycles. The molecule has 2 rings (SSSR count). The molecule has 248 valence electrons. The number of esters is 1. The van der Waals surface area contributed by atoms with Crippen LogP contribution < -0.4 is 10.6 Å². The van der Waals surface area contributed by atoms with Gasteiger partial charge in [-0.1, -0.05) is 61.5 Å². The van der Waals surface area contributed by atoms with Crippen molar-refractivity contribution in [1.29, 1.82) is 0 Å². The number of aliphatic hydroxyl groups is 1. The third-order valence-corrected chi connectivity index (χ3v) is 6.63. The topological polar surface area (TPSA) is 134 Å². The molecule has 3 N–H and O–H groups in total. The number of hydrogen-bond donors (Lipinski definition) is 3. The molecule has 0 fully saturated rings. The van der Waals surface area contributed by atoms with Crippen LogP contribution in [0.2, 0.25) is 0 Å². The fraction of sp³-hybridized carbons (Fsp3) is 0.543. The van der Waals surface area contributed by atoms with Gasteiger partial charge < -0.3 is 30.1 Å². The van der Waals surface area contributed by atoms with E-state index in [0.29, 0.717) is 5.56 Å². The molecule has 0 saturated heterocycles. The lowest BCUT2D eigenvalue weighted by Crippen LogP contribution is -2.60. The Balaban J connectivity index is 2.61. The Labute approximate surface area is 267 Å². The average Bonchev–Trinajstić information content (AvgIpc) is 2.92. The summed E-state index contributed by atoms with van der Waals surface area (Å²) in [5.41, 5.74) is -0.293. The average molecular weight is 626 g/mol. The third-order valence-electron chi connectivity index (χ3n) is 6.63. The van der Waals surface area contributed by atoms with E-state index in [9.17, 15) is 24.3 Å². The first kappa shape index (κ1) is 37.3. The van der Waals surface area contributed by atoms with Crippen molar-refractivity contribution in [3.05, 3.63) is 71.3 Å². The Kier molecular flexibility index (Phi) is 12.7. The van der Waals surface area contributed by atoms with Crippen LogP contribution in [0.15, 0.2) is 54.6 Å². The highest BCUT2D eigenvalue weighted by Gasteiger charge is 2.43. The molecule has 0 spiro atoms. The molecule has 0 bridgehead atoms. The fourth-order valence-electron chi connectivity index (χ4n) is 4.67. The van der Waals surface area contributed by atoms with Crippen molar-refractivity contribution in [3.63, 3.8) is 0 Å². The highest BCUT2D eigenvalue weighted by Crippen LogP contribution is 2.31. The van der Waals surface area contributed by atoms with Crippen LogP contribution in [0, 0.1) is 0 Å². The van der Waals surface area contributed by atoms with Gasteiger partial charge in [0.25, 0.3) is 0 Å². The van der Waals surface area contributed by atoms with Crippen LogP contribution in [0.5, 0.6) is 0 Å². The van der Waals surface area contributed by atoms with E-state index >= 15 is 0 Å². The minimum atomic E-state index is -1.41. The zero-order chi connectivity index (χ0) is 34.2. The standard InChI is InChI=1S/C35H51N3O7/c1-11-23-17-19-25(20-18-23)28(38(33(2,3)4)30(41)27(22-39)37-32(43)45-35(8,9)10)29(40)36-26(31(42)44-34(5,6)7)21-24-15-13-12-14-16-24/h12-20,26-28,39H,11,21-22H2,1-10H3,(H,36,40)(H,37,43). The SMILES string of the molecule is CCc1ccc(C(C(=O)NC(Cc2ccccc2)C(=O)OC(C)(C)C)N(C(=O)C(CO)NC(=O)OC(C)(C)C)C(C)(C)C)cc1. The zero-order valence-electron chi connectivity index (χ0n) is 28.4. The molecule has 0 saturated carbocycles. The van der Waals surface area contributed by atoms with Gasteiger partial charge in [0.05, 0.1) is 6.61 Å². The lowest BCUT2D eigenvalue weighted by molar-refractivity contribution is -0.159. The summed E-state index contributed by atoms with van der Waals surface area (Å²) in [4.78, 5) is 55.9. The van der Waals surface area contributed by atoms with E-state index < -0.39 is 65.4 Å². The van der Waals surface area contributed by atoms with Crippen molar-refractivity contribution in [1.82, 2.24) is 15.5 Å². The van der Waals surface area contributed by atoms with E-state index in [0.717, 1.165) is 17.5 Å². The number of aliphatic hydroxyl groups excluding tert-OH is 1. The zero-order valence-corrected chi connectivity index (χ0v) is 28.4. The number of hydrogen-bond acceptors (Lipinski definition) is 7. The molecule has 0 aromatic heterocycles. The summed E-state index contributed by atoms with van der Waals surface area (Å²) in [6, 6.07) is 12.8. The van der Waals surface area contributed by atoms with Crippen LogP contribution >= 0.6 is 0 Å². The molecule has 0 radical (unpaired) electrons. The van der Waals surface area contributed by atoms with E-state index in [1.807, 2.05) is 49.4 Å². The molecule has 0 aliphatic rings. The number of benzene rings is 2. The molecular formula is C35H51N3O7. The van der Waals surface area contributed by atoms with Gasteiger partial charge in [-0.05, 0) is 85.4 Å². The van der Waals surface area contributed by atoms with Gasteiger partial charge in [-0.25, -0.2) is 9.59 Å². The number of nitrogens with one attached hydrogen (secondary N) is 2. The molecule has 2 aromatic rings. The van der Waals surface area contributed by atoms with Crippen molar-refractivity contribution < 1.29 is 33.8 Å². The van der Waals surface area contributed by atoms with E-state index in [2.05, 4.69) is 10.6 Å². The Hall–Kier alpha value is -3.92. The summed E-state index contributed by atoms with van der Waals surface area (Å²) in [6.45, 7) is 16.8. The Bertz CT molecular complexity index is 1290. The van der Waals surface area contributed by atoms with Crippen LogP contribution in [0.1, 0.15) is 92.0 Å². The number of nitrogens with zero attached hydrogens (tertiary/aromatic N) is 1. The number of alkyl carbamates (subject to hydrolysis) is 1. The van der Waals surface area contributed by atoms with Gasteiger partial charge >= 0.3 is 12.1 Å². The van der Waals surface area contributed by atoms with Gasteiger partial charge in [-0.2, -0.15) is 0 Å². The molecular weight excluding hydrogens is 574 g/mol. The Morgan fingerprint density at radius 3 is 1.78 bits per heavy atom. The molecule has 3 amide bonds. The van der Waals surface area contributed by atoms with Gasteiger partial charge in [0, 0.05) is 12.0 Å².